The summed E-state index contributed by atoms with van der Waals surface area (Å²) in [6.45, 7) is 2.51. The number of hydrogen-bond acceptors (Lipinski definition) is 5. The van der Waals surface area contributed by atoms with Gasteiger partial charge in [-0.25, -0.2) is 13.1 Å². The summed E-state index contributed by atoms with van der Waals surface area (Å²) in [5.74, 6) is -1.93. The number of carboxylic acids is 1. The van der Waals surface area contributed by atoms with Crippen LogP contribution in [0.5, 0.6) is 0 Å². The van der Waals surface area contributed by atoms with Crippen LogP contribution in [0, 0.1) is 0 Å². The number of carbonyl (C=O) groups excluding carboxylic acids is 2. The highest BCUT2D eigenvalue weighted by Crippen LogP contribution is 2.10. The van der Waals surface area contributed by atoms with E-state index in [1.807, 2.05) is 0 Å². The fourth-order valence-corrected chi connectivity index (χ4v) is 2.66. The van der Waals surface area contributed by atoms with E-state index < -0.39 is 27.9 Å². The molecule has 0 aliphatic rings. The van der Waals surface area contributed by atoms with Crippen molar-refractivity contribution in [3.05, 3.63) is 29.8 Å². The minimum atomic E-state index is -3.80. The van der Waals surface area contributed by atoms with E-state index in [-0.39, 0.29) is 23.6 Å². The number of nitrogens with one attached hydrogen (secondary N) is 2. The predicted molar refractivity (Wildman–Crippen MR) is 81.5 cm³/mol. The molecule has 1 atom stereocenters. The Morgan fingerprint density at radius 1 is 1.17 bits per heavy atom. The Bertz CT molecular complexity index is 696. The second-order valence-corrected chi connectivity index (χ2v) is 6.62. The molecule has 1 aromatic carbocycles. The molecule has 0 radical (unpaired) electrons. The summed E-state index contributed by atoms with van der Waals surface area (Å²) in [6.07, 6.45) is -0.192. The van der Waals surface area contributed by atoms with E-state index in [1.165, 1.54) is 38.1 Å². The topological polar surface area (TPSA) is 130 Å². The quantitative estimate of drug-likeness (QED) is 0.577. The van der Waals surface area contributed by atoms with Gasteiger partial charge >= 0.3 is 5.97 Å². The third-order valence-electron chi connectivity index (χ3n) is 2.96. The molecule has 1 amide bonds. The molecule has 1 rings (SSSR count). The summed E-state index contributed by atoms with van der Waals surface area (Å²) < 4.78 is 26.2. The first-order valence-corrected chi connectivity index (χ1v) is 8.24. The SMILES string of the molecule is CC(=O)c1ccc(S(=O)(=O)NCCC(=O)NC(C)C(=O)O)cc1. The van der Waals surface area contributed by atoms with Gasteiger partial charge < -0.3 is 10.4 Å². The van der Waals surface area contributed by atoms with Gasteiger partial charge in [-0.1, -0.05) is 12.1 Å². The zero-order valence-electron chi connectivity index (χ0n) is 12.7. The van der Waals surface area contributed by atoms with Crippen LogP contribution in [0.25, 0.3) is 0 Å². The van der Waals surface area contributed by atoms with Crippen LogP contribution in [-0.2, 0) is 19.6 Å². The molecule has 0 saturated heterocycles. The zero-order valence-corrected chi connectivity index (χ0v) is 13.5. The van der Waals surface area contributed by atoms with E-state index >= 15 is 0 Å². The Morgan fingerprint density at radius 3 is 2.22 bits per heavy atom. The summed E-state index contributed by atoms with van der Waals surface area (Å²) >= 11 is 0. The largest absolute Gasteiger partial charge is 0.480 e. The lowest BCUT2D eigenvalue weighted by molar-refractivity contribution is -0.141. The molecule has 0 fully saturated rings. The molecule has 0 aliphatic carbocycles. The Balaban J connectivity index is 2.57. The minimum absolute atomic E-state index is 0.0261. The number of Topliss-reactive ketones (excluding diaryl/α,β-unsaturated/α-hetero) is 1. The van der Waals surface area contributed by atoms with Crippen molar-refractivity contribution < 1.29 is 27.9 Å². The van der Waals surface area contributed by atoms with E-state index in [0.717, 1.165) is 0 Å². The van der Waals surface area contributed by atoms with Crippen molar-refractivity contribution in [3.8, 4) is 0 Å². The highest BCUT2D eigenvalue weighted by atomic mass is 32.2. The van der Waals surface area contributed by atoms with Crippen molar-refractivity contribution in [1.82, 2.24) is 10.0 Å². The molecule has 1 unspecified atom stereocenters. The molecule has 0 aliphatic heterocycles. The van der Waals surface area contributed by atoms with Crippen LogP contribution < -0.4 is 10.0 Å². The minimum Gasteiger partial charge on any atom is -0.480 e. The van der Waals surface area contributed by atoms with Gasteiger partial charge in [-0.15, -0.1) is 0 Å². The lowest BCUT2D eigenvalue weighted by Crippen LogP contribution is -2.39. The van der Waals surface area contributed by atoms with Crippen molar-refractivity contribution in [2.24, 2.45) is 0 Å². The number of benzene rings is 1. The summed E-state index contributed by atoms with van der Waals surface area (Å²) in [5, 5.41) is 10.9. The van der Waals surface area contributed by atoms with Gasteiger partial charge in [-0.05, 0) is 26.0 Å². The van der Waals surface area contributed by atoms with Crippen molar-refractivity contribution in [2.45, 2.75) is 31.2 Å². The number of amides is 1. The first-order chi connectivity index (χ1) is 10.6. The molecule has 0 aromatic heterocycles. The molecule has 0 bridgehead atoms. The van der Waals surface area contributed by atoms with Crippen LogP contribution in [0.15, 0.2) is 29.2 Å². The molecule has 0 spiro atoms. The Kier molecular flexibility index (Phi) is 6.40. The number of sulfonamides is 1. The normalized spacial score (nSPS) is 12.4. The van der Waals surface area contributed by atoms with E-state index in [9.17, 15) is 22.8 Å². The molecular weight excluding hydrogens is 324 g/mol. The van der Waals surface area contributed by atoms with Crippen LogP contribution in [-0.4, -0.2) is 43.8 Å². The van der Waals surface area contributed by atoms with Crippen LogP contribution in [0.1, 0.15) is 30.6 Å². The van der Waals surface area contributed by atoms with Gasteiger partial charge in [0.05, 0.1) is 4.90 Å². The highest BCUT2D eigenvalue weighted by molar-refractivity contribution is 7.89. The molecule has 8 nitrogen and oxygen atoms in total. The first-order valence-electron chi connectivity index (χ1n) is 6.76. The number of hydrogen-bond donors (Lipinski definition) is 3. The average Bonchev–Trinajstić information content (AvgIpc) is 2.46. The molecule has 0 saturated carbocycles. The van der Waals surface area contributed by atoms with Gasteiger partial charge in [-0.3, -0.25) is 14.4 Å². The van der Waals surface area contributed by atoms with E-state index in [4.69, 9.17) is 5.11 Å². The number of aliphatic carboxylic acids is 1. The maximum Gasteiger partial charge on any atom is 0.325 e. The van der Waals surface area contributed by atoms with Gasteiger partial charge in [0.25, 0.3) is 0 Å². The summed E-state index contributed by atoms with van der Waals surface area (Å²) in [6, 6.07) is 4.35. The average molecular weight is 342 g/mol. The van der Waals surface area contributed by atoms with Gasteiger partial charge in [0.15, 0.2) is 5.78 Å². The van der Waals surface area contributed by atoms with E-state index in [2.05, 4.69) is 10.0 Å². The Labute approximate surface area is 133 Å². The number of carboxylic acid groups (broad SMARTS) is 1. The maximum atomic E-state index is 12.0. The van der Waals surface area contributed by atoms with Gasteiger partial charge in [0.1, 0.15) is 6.04 Å². The number of carbonyl (C=O) groups is 3. The fourth-order valence-electron chi connectivity index (χ4n) is 1.63. The first kappa shape index (κ1) is 18.8. The lowest BCUT2D eigenvalue weighted by atomic mass is 10.2. The molecule has 23 heavy (non-hydrogen) atoms. The molecule has 3 N–H and O–H groups in total. The van der Waals surface area contributed by atoms with Gasteiger partial charge in [0.2, 0.25) is 15.9 Å². The van der Waals surface area contributed by atoms with Crippen LogP contribution in [0.3, 0.4) is 0 Å². The smallest absolute Gasteiger partial charge is 0.325 e. The molecule has 126 valence electrons. The zero-order chi connectivity index (χ0) is 17.6. The number of rotatable bonds is 8. The molecule has 0 heterocycles. The Morgan fingerprint density at radius 2 is 1.74 bits per heavy atom. The van der Waals surface area contributed by atoms with E-state index in [0.29, 0.717) is 5.56 Å². The van der Waals surface area contributed by atoms with Crippen LogP contribution in [0.2, 0.25) is 0 Å². The van der Waals surface area contributed by atoms with Crippen LogP contribution >= 0.6 is 0 Å². The molecule has 1 aromatic rings. The highest BCUT2D eigenvalue weighted by Gasteiger charge is 2.16. The predicted octanol–water partition coefficient (Wildman–Crippen LogP) is 0.147. The second-order valence-electron chi connectivity index (χ2n) is 4.86. The summed E-state index contributed by atoms with van der Waals surface area (Å²) in [5.41, 5.74) is 0.394. The van der Waals surface area contributed by atoms with Crippen LogP contribution in [0.4, 0.5) is 0 Å². The van der Waals surface area contributed by atoms with Crippen molar-refractivity contribution in [3.63, 3.8) is 0 Å². The summed E-state index contributed by atoms with van der Waals surface area (Å²) in [4.78, 5) is 33.1. The third-order valence-corrected chi connectivity index (χ3v) is 4.44. The van der Waals surface area contributed by atoms with Crippen molar-refractivity contribution in [1.29, 1.82) is 0 Å². The lowest BCUT2D eigenvalue weighted by Gasteiger charge is -2.10. The fraction of sp³-hybridized carbons (Fsp3) is 0.357. The standard InChI is InChI=1S/C14H18N2O6S/c1-9(14(19)20)16-13(18)7-8-15-23(21,22)12-5-3-11(4-6-12)10(2)17/h3-6,9,15H,7-8H2,1-2H3,(H,16,18)(H,19,20). The number of ketones is 1. The van der Waals surface area contributed by atoms with Gasteiger partial charge in [0, 0.05) is 18.5 Å². The Hall–Kier alpha value is -2.26. The maximum absolute atomic E-state index is 12.0. The molecule has 9 heteroatoms. The van der Waals surface area contributed by atoms with Gasteiger partial charge in [-0.2, -0.15) is 0 Å². The summed E-state index contributed by atoms with van der Waals surface area (Å²) in [7, 11) is -3.80. The monoisotopic (exact) mass is 342 g/mol. The third kappa shape index (κ3) is 5.80. The molecular formula is C14H18N2O6S. The van der Waals surface area contributed by atoms with E-state index in [1.54, 1.807) is 0 Å². The van der Waals surface area contributed by atoms with Crippen molar-refractivity contribution >= 4 is 27.7 Å². The second kappa shape index (κ2) is 7.84. The van der Waals surface area contributed by atoms with Crippen molar-refractivity contribution in [2.75, 3.05) is 6.54 Å².